The molecule has 0 aliphatic carbocycles. The lowest BCUT2D eigenvalue weighted by atomic mass is 10.2. The minimum absolute atomic E-state index is 0.489. The Morgan fingerprint density at radius 2 is 2.14 bits per heavy atom. The van der Waals surface area contributed by atoms with Crippen molar-refractivity contribution in [1.29, 1.82) is 0 Å². The van der Waals surface area contributed by atoms with Crippen LogP contribution in [0.15, 0.2) is 28.7 Å². The van der Waals surface area contributed by atoms with Crippen LogP contribution in [0, 0.1) is 0 Å². The van der Waals surface area contributed by atoms with Gasteiger partial charge in [-0.05, 0) is 19.1 Å². The Kier molecular flexibility index (Phi) is 4.52. The molecular weight excluding hydrogens is 306 g/mol. The second-order valence-electron chi connectivity index (χ2n) is 5.27. The summed E-state index contributed by atoms with van der Waals surface area (Å²) in [4.78, 5) is 2.39. The SMILES string of the molecule is CC1SCCN(Cc2nnc(-c3ccccc3Cl)o2)C1C. The molecule has 3 rings (SSSR count). The molecule has 2 aromatic rings. The van der Waals surface area contributed by atoms with Crippen molar-refractivity contribution in [3.05, 3.63) is 35.2 Å². The number of benzene rings is 1. The first kappa shape index (κ1) is 14.9. The Bertz CT molecular complexity index is 618. The fourth-order valence-electron chi connectivity index (χ4n) is 2.45. The summed E-state index contributed by atoms with van der Waals surface area (Å²) in [6.07, 6.45) is 0. The van der Waals surface area contributed by atoms with E-state index in [-0.39, 0.29) is 0 Å². The third kappa shape index (κ3) is 3.25. The number of halogens is 1. The monoisotopic (exact) mass is 323 g/mol. The van der Waals surface area contributed by atoms with Crippen LogP contribution >= 0.6 is 23.4 Å². The minimum atomic E-state index is 0.489. The molecule has 6 heteroatoms. The summed E-state index contributed by atoms with van der Waals surface area (Å²) in [5.41, 5.74) is 0.786. The molecule has 0 amide bonds. The van der Waals surface area contributed by atoms with E-state index in [0.717, 1.165) is 17.9 Å². The van der Waals surface area contributed by atoms with Crippen LogP contribution in [0.2, 0.25) is 5.02 Å². The highest BCUT2D eigenvalue weighted by molar-refractivity contribution is 8.00. The van der Waals surface area contributed by atoms with Gasteiger partial charge in [0.2, 0.25) is 11.8 Å². The van der Waals surface area contributed by atoms with Gasteiger partial charge in [0.25, 0.3) is 0 Å². The number of aromatic nitrogens is 2. The molecule has 1 fully saturated rings. The van der Waals surface area contributed by atoms with E-state index in [1.54, 1.807) is 0 Å². The van der Waals surface area contributed by atoms with E-state index in [9.17, 15) is 0 Å². The average molecular weight is 324 g/mol. The van der Waals surface area contributed by atoms with Crippen LogP contribution in [0.3, 0.4) is 0 Å². The Hall–Kier alpha value is -1.04. The van der Waals surface area contributed by atoms with Gasteiger partial charge in [-0.25, -0.2) is 0 Å². The minimum Gasteiger partial charge on any atom is -0.419 e. The highest BCUT2D eigenvalue weighted by Crippen LogP contribution is 2.28. The highest BCUT2D eigenvalue weighted by Gasteiger charge is 2.26. The van der Waals surface area contributed by atoms with Gasteiger partial charge in [0.1, 0.15) is 0 Å². The molecule has 0 saturated carbocycles. The molecule has 4 nitrogen and oxygen atoms in total. The maximum atomic E-state index is 6.16. The van der Waals surface area contributed by atoms with Crippen molar-refractivity contribution >= 4 is 23.4 Å². The third-order valence-corrected chi connectivity index (χ3v) is 5.59. The van der Waals surface area contributed by atoms with E-state index in [4.69, 9.17) is 16.0 Å². The van der Waals surface area contributed by atoms with Gasteiger partial charge in [-0.2, -0.15) is 11.8 Å². The molecule has 2 atom stereocenters. The van der Waals surface area contributed by atoms with Crippen LogP contribution in [0.25, 0.3) is 11.5 Å². The second kappa shape index (κ2) is 6.38. The van der Waals surface area contributed by atoms with Crippen molar-refractivity contribution in [3.63, 3.8) is 0 Å². The van der Waals surface area contributed by atoms with Crippen molar-refractivity contribution in [3.8, 4) is 11.5 Å². The largest absolute Gasteiger partial charge is 0.419 e. The number of rotatable bonds is 3. The lowest BCUT2D eigenvalue weighted by molar-refractivity contribution is 0.186. The summed E-state index contributed by atoms with van der Waals surface area (Å²) in [6.45, 7) is 6.27. The molecule has 0 radical (unpaired) electrons. The van der Waals surface area contributed by atoms with Gasteiger partial charge in [0.15, 0.2) is 0 Å². The van der Waals surface area contributed by atoms with Gasteiger partial charge in [-0.3, -0.25) is 4.90 Å². The molecule has 0 spiro atoms. The van der Waals surface area contributed by atoms with Gasteiger partial charge < -0.3 is 4.42 Å². The predicted molar refractivity (Wildman–Crippen MR) is 86.5 cm³/mol. The fraction of sp³-hybridized carbons (Fsp3) is 0.467. The van der Waals surface area contributed by atoms with Gasteiger partial charge in [0, 0.05) is 23.6 Å². The van der Waals surface area contributed by atoms with Crippen molar-refractivity contribution in [2.45, 2.75) is 31.7 Å². The molecular formula is C15H18ClN3OS. The van der Waals surface area contributed by atoms with Crippen LogP contribution in [0.4, 0.5) is 0 Å². The summed E-state index contributed by atoms with van der Waals surface area (Å²) < 4.78 is 5.78. The molecule has 112 valence electrons. The van der Waals surface area contributed by atoms with Crippen LogP contribution in [-0.2, 0) is 6.54 Å². The normalized spacial score (nSPS) is 23.4. The van der Waals surface area contributed by atoms with Gasteiger partial charge in [-0.15, -0.1) is 10.2 Å². The van der Waals surface area contributed by atoms with Crippen molar-refractivity contribution in [2.24, 2.45) is 0 Å². The van der Waals surface area contributed by atoms with E-state index in [1.165, 1.54) is 0 Å². The van der Waals surface area contributed by atoms with Crippen molar-refractivity contribution in [1.82, 2.24) is 15.1 Å². The molecule has 1 aliphatic rings. The van der Waals surface area contributed by atoms with E-state index in [0.29, 0.717) is 34.6 Å². The Morgan fingerprint density at radius 1 is 1.33 bits per heavy atom. The Labute approximate surface area is 133 Å². The molecule has 21 heavy (non-hydrogen) atoms. The topological polar surface area (TPSA) is 42.2 Å². The zero-order valence-corrected chi connectivity index (χ0v) is 13.7. The zero-order valence-electron chi connectivity index (χ0n) is 12.1. The van der Waals surface area contributed by atoms with Crippen LogP contribution < -0.4 is 0 Å². The fourth-order valence-corrected chi connectivity index (χ4v) is 3.83. The lowest BCUT2D eigenvalue weighted by Crippen LogP contribution is -2.44. The maximum absolute atomic E-state index is 6.16. The quantitative estimate of drug-likeness (QED) is 0.861. The smallest absolute Gasteiger partial charge is 0.249 e. The van der Waals surface area contributed by atoms with Crippen LogP contribution in [0.1, 0.15) is 19.7 Å². The number of nitrogens with zero attached hydrogens (tertiary/aromatic N) is 3. The number of hydrogen-bond donors (Lipinski definition) is 0. The molecule has 2 heterocycles. The molecule has 0 bridgehead atoms. The van der Waals surface area contributed by atoms with Crippen molar-refractivity contribution < 1.29 is 4.42 Å². The molecule has 2 unspecified atom stereocenters. The molecule has 1 aromatic heterocycles. The summed E-state index contributed by atoms with van der Waals surface area (Å²) in [5, 5.41) is 9.55. The molecule has 1 aliphatic heterocycles. The highest BCUT2D eigenvalue weighted by atomic mass is 35.5. The second-order valence-corrected chi connectivity index (χ2v) is 7.16. The Balaban J connectivity index is 1.75. The zero-order chi connectivity index (χ0) is 14.8. The molecule has 1 saturated heterocycles. The van der Waals surface area contributed by atoms with E-state index < -0.39 is 0 Å². The average Bonchev–Trinajstić information content (AvgIpc) is 2.93. The summed E-state index contributed by atoms with van der Waals surface area (Å²) in [6, 6.07) is 8.03. The summed E-state index contributed by atoms with van der Waals surface area (Å²) in [5.74, 6) is 2.29. The Morgan fingerprint density at radius 3 is 2.95 bits per heavy atom. The lowest BCUT2D eigenvalue weighted by Gasteiger charge is -2.36. The third-order valence-electron chi connectivity index (χ3n) is 3.92. The van der Waals surface area contributed by atoms with E-state index in [2.05, 4.69) is 28.9 Å². The summed E-state index contributed by atoms with van der Waals surface area (Å²) >= 11 is 8.18. The first-order valence-corrected chi connectivity index (χ1v) is 8.51. The standard InChI is InChI=1S/C15H18ClN3OS/c1-10-11(2)21-8-7-19(10)9-14-17-18-15(20-14)12-5-3-4-6-13(12)16/h3-6,10-11H,7-9H2,1-2H3. The summed E-state index contributed by atoms with van der Waals surface area (Å²) in [7, 11) is 0. The first-order chi connectivity index (χ1) is 10.1. The number of thioether (sulfide) groups is 1. The maximum Gasteiger partial charge on any atom is 0.249 e. The molecule has 0 N–H and O–H groups in total. The molecule has 1 aromatic carbocycles. The number of hydrogen-bond acceptors (Lipinski definition) is 5. The van der Waals surface area contributed by atoms with Crippen LogP contribution in [-0.4, -0.2) is 38.7 Å². The van der Waals surface area contributed by atoms with Gasteiger partial charge in [-0.1, -0.05) is 30.7 Å². The van der Waals surface area contributed by atoms with Crippen molar-refractivity contribution in [2.75, 3.05) is 12.3 Å². The van der Waals surface area contributed by atoms with Gasteiger partial charge >= 0.3 is 0 Å². The predicted octanol–water partition coefficient (Wildman–Crippen LogP) is 3.72. The van der Waals surface area contributed by atoms with E-state index >= 15 is 0 Å². The van der Waals surface area contributed by atoms with E-state index in [1.807, 2.05) is 36.0 Å². The first-order valence-electron chi connectivity index (χ1n) is 7.08. The van der Waals surface area contributed by atoms with Crippen LogP contribution in [0.5, 0.6) is 0 Å². The van der Waals surface area contributed by atoms with Gasteiger partial charge in [0.05, 0.1) is 17.1 Å².